The highest BCUT2D eigenvalue weighted by Gasteiger charge is 2.20. The molecular weight excluding hydrogens is 260 g/mol. The Hall–Kier alpha value is -1.79. The number of carbonyl (C=O) groups is 1. The lowest BCUT2D eigenvalue weighted by molar-refractivity contribution is 0.102. The third kappa shape index (κ3) is 2.50. The average molecular weight is 274 g/mol. The van der Waals surface area contributed by atoms with Gasteiger partial charge >= 0.3 is 0 Å². The number of aromatic nitrogens is 2. The number of carbonyl (C=O) groups excluding carboxylic acids is 1. The SMILES string of the molecule is CN1CCc2c(cncc2C(=O)Nc2nccs2)C1. The number of rotatable bonds is 2. The first-order chi connectivity index (χ1) is 9.24. The van der Waals surface area contributed by atoms with Crippen LogP contribution < -0.4 is 5.32 Å². The van der Waals surface area contributed by atoms with E-state index in [0.29, 0.717) is 10.7 Å². The zero-order valence-corrected chi connectivity index (χ0v) is 11.4. The molecule has 0 unspecified atom stereocenters. The van der Waals surface area contributed by atoms with Crippen molar-refractivity contribution >= 4 is 22.4 Å². The maximum absolute atomic E-state index is 12.3. The van der Waals surface area contributed by atoms with Gasteiger partial charge in [0.2, 0.25) is 0 Å². The summed E-state index contributed by atoms with van der Waals surface area (Å²) in [4.78, 5) is 22.7. The van der Waals surface area contributed by atoms with E-state index in [0.717, 1.165) is 30.6 Å². The molecule has 3 rings (SSSR count). The standard InChI is InChI=1S/C13H14N4OS/c1-17-4-2-10-9(8-17)6-14-7-11(10)12(18)16-13-15-3-5-19-13/h3,5-7H,2,4,8H2,1H3,(H,15,16,18). The van der Waals surface area contributed by atoms with E-state index in [4.69, 9.17) is 0 Å². The summed E-state index contributed by atoms with van der Waals surface area (Å²) in [6.45, 7) is 1.81. The number of hydrogen-bond acceptors (Lipinski definition) is 5. The van der Waals surface area contributed by atoms with Crippen LogP contribution >= 0.6 is 11.3 Å². The number of pyridine rings is 1. The fraction of sp³-hybridized carbons (Fsp3) is 0.308. The van der Waals surface area contributed by atoms with E-state index in [9.17, 15) is 4.79 Å². The summed E-state index contributed by atoms with van der Waals surface area (Å²) < 4.78 is 0. The number of amides is 1. The Morgan fingerprint density at radius 1 is 1.47 bits per heavy atom. The molecule has 0 atom stereocenters. The van der Waals surface area contributed by atoms with E-state index in [-0.39, 0.29) is 5.91 Å². The van der Waals surface area contributed by atoms with Gasteiger partial charge in [-0.2, -0.15) is 0 Å². The third-order valence-electron chi connectivity index (χ3n) is 3.23. The molecule has 0 saturated carbocycles. The van der Waals surface area contributed by atoms with E-state index in [1.165, 1.54) is 11.3 Å². The summed E-state index contributed by atoms with van der Waals surface area (Å²) >= 11 is 1.41. The summed E-state index contributed by atoms with van der Waals surface area (Å²) in [5.41, 5.74) is 2.92. The molecule has 0 bridgehead atoms. The van der Waals surface area contributed by atoms with Crippen LogP contribution in [0, 0.1) is 0 Å². The Bertz CT molecular complexity index is 597. The van der Waals surface area contributed by atoms with Crippen LogP contribution in [0.5, 0.6) is 0 Å². The quantitative estimate of drug-likeness (QED) is 0.907. The average Bonchev–Trinajstić information content (AvgIpc) is 2.90. The maximum Gasteiger partial charge on any atom is 0.259 e. The predicted octanol–water partition coefficient (Wildman–Crippen LogP) is 1.78. The van der Waals surface area contributed by atoms with Gasteiger partial charge in [0.05, 0.1) is 5.56 Å². The van der Waals surface area contributed by atoms with Gasteiger partial charge in [-0.3, -0.25) is 15.1 Å². The molecule has 0 aliphatic carbocycles. The van der Waals surface area contributed by atoms with E-state index in [1.807, 2.05) is 11.6 Å². The fourth-order valence-electron chi connectivity index (χ4n) is 2.28. The van der Waals surface area contributed by atoms with Gasteiger partial charge in [0.1, 0.15) is 0 Å². The molecule has 6 heteroatoms. The minimum atomic E-state index is -0.121. The molecule has 0 radical (unpaired) electrons. The number of nitrogens with zero attached hydrogens (tertiary/aromatic N) is 3. The molecule has 0 fully saturated rings. The van der Waals surface area contributed by atoms with Gasteiger partial charge in [0, 0.05) is 37.1 Å². The molecule has 98 valence electrons. The second-order valence-electron chi connectivity index (χ2n) is 4.60. The van der Waals surface area contributed by atoms with E-state index in [1.54, 1.807) is 12.4 Å². The molecule has 1 N–H and O–H groups in total. The van der Waals surface area contributed by atoms with Crippen LogP contribution in [-0.4, -0.2) is 34.4 Å². The zero-order chi connectivity index (χ0) is 13.2. The predicted molar refractivity (Wildman–Crippen MR) is 74.3 cm³/mol. The third-order valence-corrected chi connectivity index (χ3v) is 3.92. The van der Waals surface area contributed by atoms with Crippen LogP contribution in [0.25, 0.3) is 0 Å². The fourth-order valence-corrected chi connectivity index (χ4v) is 2.80. The highest BCUT2D eigenvalue weighted by atomic mass is 32.1. The van der Waals surface area contributed by atoms with Gasteiger partial charge in [0.15, 0.2) is 5.13 Å². The molecule has 0 spiro atoms. The summed E-state index contributed by atoms with van der Waals surface area (Å²) in [6.07, 6.45) is 6.06. The van der Waals surface area contributed by atoms with Crippen LogP contribution in [0.2, 0.25) is 0 Å². The Kier molecular flexibility index (Phi) is 3.27. The Morgan fingerprint density at radius 2 is 2.37 bits per heavy atom. The molecule has 1 aliphatic heterocycles. The number of fused-ring (bicyclic) bond motifs is 1. The number of hydrogen-bond donors (Lipinski definition) is 1. The summed E-state index contributed by atoms with van der Waals surface area (Å²) in [6, 6.07) is 0. The Labute approximate surface area is 115 Å². The summed E-state index contributed by atoms with van der Waals surface area (Å²) in [7, 11) is 2.07. The van der Waals surface area contributed by atoms with Crippen molar-refractivity contribution < 1.29 is 4.79 Å². The second-order valence-corrected chi connectivity index (χ2v) is 5.50. The van der Waals surface area contributed by atoms with Gasteiger partial charge in [0.25, 0.3) is 5.91 Å². The molecule has 1 aliphatic rings. The number of likely N-dealkylation sites (N-methyl/N-ethyl adjacent to an activating group) is 1. The second kappa shape index (κ2) is 5.07. The minimum absolute atomic E-state index is 0.121. The van der Waals surface area contributed by atoms with Crippen molar-refractivity contribution in [1.29, 1.82) is 0 Å². The van der Waals surface area contributed by atoms with Gasteiger partial charge in [-0.05, 0) is 24.6 Å². The van der Waals surface area contributed by atoms with Crippen molar-refractivity contribution in [3.05, 3.63) is 40.7 Å². The first kappa shape index (κ1) is 12.3. The highest BCUT2D eigenvalue weighted by Crippen LogP contribution is 2.22. The molecule has 3 heterocycles. The molecular formula is C13H14N4OS. The lowest BCUT2D eigenvalue weighted by Gasteiger charge is -2.25. The van der Waals surface area contributed by atoms with Crippen LogP contribution in [0.4, 0.5) is 5.13 Å². The molecule has 1 amide bonds. The lowest BCUT2D eigenvalue weighted by atomic mass is 9.97. The molecule has 0 aromatic carbocycles. The number of anilines is 1. The van der Waals surface area contributed by atoms with Gasteiger partial charge in [-0.15, -0.1) is 11.3 Å². The summed E-state index contributed by atoms with van der Waals surface area (Å²) in [5.74, 6) is -0.121. The van der Waals surface area contributed by atoms with Crippen LogP contribution in [-0.2, 0) is 13.0 Å². The number of nitrogens with one attached hydrogen (secondary N) is 1. The van der Waals surface area contributed by atoms with Crippen molar-refractivity contribution in [2.24, 2.45) is 0 Å². The van der Waals surface area contributed by atoms with Crippen LogP contribution in [0.1, 0.15) is 21.5 Å². The van der Waals surface area contributed by atoms with E-state index in [2.05, 4.69) is 27.2 Å². The Balaban J connectivity index is 1.89. The maximum atomic E-state index is 12.3. The van der Waals surface area contributed by atoms with Gasteiger partial charge in [-0.25, -0.2) is 4.98 Å². The normalized spacial score (nSPS) is 15.0. The van der Waals surface area contributed by atoms with Crippen LogP contribution in [0.3, 0.4) is 0 Å². The monoisotopic (exact) mass is 274 g/mol. The van der Waals surface area contributed by atoms with E-state index >= 15 is 0 Å². The van der Waals surface area contributed by atoms with Gasteiger partial charge in [-0.1, -0.05) is 0 Å². The highest BCUT2D eigenvalue weighted by molar-refractivity contribution is 7.13. The Morgan fingerprint density at radius 3 is 3.16 bits per heavy atom. The largest absolute Gasteiger partial charge is 0.302 e. The molecule has 2 aromatic rings. The molecule has 19 heavy (non-hydrogen) atoms. The zero-order valence-electron chi connectivity index (χ0n) is 10.6. The van der Waals surface area contributed by atoms with Crippen molar-refractivity contribution in [1.82, 2.24) is 14.9 Å². The molecule has 2 aromatic heterocycles. The molecule has 5 nitrogen and oxygen atoms in total. The molecule has 0 saturated heterocycles. The lowest BCUT2D eigenvalue weighted by Crippen LogP contribution is -2.29. The van der Waals surface area contributed by atoms with E-state index < -0.39 is 0 Å². The van der Waals surface area contributed by atoms with Crippen molar-refractivity contribution in [2.45, 2.75) is 13.0 Å². The van der Waals surface area contributed by atoms with Crippen LogP contribution in [0.15, 0.2) is 24.0 Å². The smallest absolute Gasteiger partial charge is 0.259 e. The van der Waals surface area contributed by atoms with Crippen molar-refractivity contribution in [3.63, 3.8) is 0 Å². The van der Waals surface area contributed by atoms with Gasteiger partial charge < -0.3 is 4.90 Å². The first-order valence-electron chi connectivity index (χ1n) is 6.09. The topological polar surface area (TPSA) is 58.1 Å². The van der Waals surface area contributed by atoms with Crippen molar-refractivity contribution in [2.75, 3.05) is 18.9 Å². The van der Waals surface area contributed by atoms with Crippen molar-refractivity contribution in [3.8, 4) is 0 Å². The first-order valence-corrected chi connectivity index (χ1v) is 6.97. The summed E-state index contributed by atoms with van der Waals surface area (Å²) in [5, 5.41) is 5.27. The number of thiazole rings is 1. The minimum Gasteiger partial charge on any atom is -0.302 e.